The van der Waals surface area contributed by atoms with Gasteiger partial charge in [0.2, 0.25) is 5.91 Å². The van der Waals surface area contributed by atoms with E-state index in [0.717, 1.165) is 30.9 Å². The molecule has 4 atom stereocenters. The molecule has 3 saturated heterocycles. The number of methoxy groups -OCH3 is 1. The smallest absolute Gasteiger partial charge is 0.409 e. The van der Waals surface area contributed by atoms with E-state index in [0.29, 0.717) is 66.9 Å². The molecule has 3 aliphatic rings. The molecule has 0 bridgehead atoms. The van der Waals surface area contributed by atoms with Crippen LogP contribution in [-0.2, 0) is 9.53 Å². The Hall–Kier alpha value is -3.08. The molecule has 1 aromatic carbocycles. The topological polar surface area (TPSA) is 108 Å². The summed E-state index contributed by atoms with van der Waals surface area (Å²) in [5.41, 5.74) is 3.72. The number of halogens is 1. The predicted octanol–water partition coefficient (Wildman–Crippen LogP) is 3.27. The zero-order valence-corrected chi connectivity index (χ0v) is 25.0. The number of ketones is 1. The third-order valence-corrected chi connectivity index (χ3v) is 9.34. The van der Waals surface area contributed by atoms with E-state index in [1.54, 1.807) is 9.80 Å². The van der Waals surface area contributed by atoms with Gasteiger partial charge in [0.05, 0.1) is 36.0 Å². The van der Waals surface area contributed by atoms with Gasteiger partial charge in [0.1, 0.15) is 6.33 Å². The summed E-state index contributed by atoms with van der Waals surface area (Å²) in [4.78, 5) is 54.1. The van der Waals surface area contributed by atoms with Crippen molar-refractivity contribution in [3.8, 4) is 0 Å². The molecule has 11 heteroatoms. The number of nitrogens with zero attached hydrogens (tertiary/aromatic N) is 5. The van der Waals surface area contributed by atoms with Crippen molar-refractivity contribution in [1.29, 1.82) is 0 Å². The van der Waals surface area contributed by atoms with Crippen molar-refractivity contribution in [1.82, 2.24) is 25.1 Å². The van der Waals surface area contributed by atoms with Crippen LogP contribution in [-0.4, -0.2) is 96.5 Å². The number of anilines is 1. The van der Waals surface area contributed by atoms with E-state index >= 15 is 0 Å². The normalized spacial score (nSPS) is 24.0. The quantitative estimate of drug-likeness (QED) is 0.473. The summed E-state index contributed by atoms with van der Waals surface area (Å²) in [6, 6.07) is 5.43. The average Bonchev–Trinajstić information content (AvgIpc) is 3.68. The molecule has 1 N–H and O–H groups in total. The van der Waals surface area contributed by atoms with Gasteiger partial charge in [-0.25, -0.2) is 14.8 Å². The lowest BCUT2D eigenvalue weighted by molar-refractivity contribution is -0.122. The van der Waals surface area contributed by atoms with Crippen molar-refractivity contribution in [3.63, 3.8) is 0 Å². The summed E-state index contributed by atoms with van der Waals surface area (Å²) in [5.74, 6) is 0.386. The van der Waals surface area contributed by atoms with E-state index in [-0.39, 0.29) is 29.6 Å². The summed E-state index contributed by atoms with van der Waals surface area (Å²) in [6.07, 6.45) is 2.36. The van der Waals surface area contributed by atoms with Gasteiger partial charge in [-0.1, -0.05) is 17.7 Å². The van der Waals surface area contributed by atoms with E-state index in [1.807, 2.05) is 39.0 Å². The first-order valence-electron chi connectivity index (χ1n) is 14.4. The van der Waals surface area contributed by atoms with Gasteiger partial charge in [-0.15, -0.1) is 0 Å². The minimum absolute atomic E-state index is 0.0286. The van der Waals surface area contributed by atoms with E-state index in [4.69, 9.17) is 16.3 Å². The van der Waals surface area contributed by atoms with Crippen molar-refractivity contribution in [2.24, 2.45) is 17.8 Å². The number of Topliss-reactive ketones (excluding diaryl/α,β-unsaturated/α-hetero) is 1. The first-order valence-corrected chi connectivity index (χ1v) is 14.7. The van der Waals surface area contributed by atoms with Gasteiger partial charge in [-0.3, -0.25) is 14.5 Å². The second kappa shape index (κ2) is 12.4. The number of likely N-dealkylation sites (tertiary alicyclic amines) is 2. The van der Waals surface area contributed by atoms with E-state index in [2.05, 4.69) is 20.2 Å². The number of nitrogens with one attached hydrogen (secondary N) is 1. The molecule has 0 aliphatic carbocycles. The van der Waals surface area contributed by atoms with Crippen LogP contribution in [0.5, 0.6) is 0 Å². The van der Waals surface area contributed by atoms with E-state index < -0.39 is 6.09 Å². The van der Waals surface area contributed by atoms with E-state index in [1.165, 1.54) is 13.4 Å². The average molecular weight is 583 g/mol. The van der Waals surface area contributed by atoms with Crippen LogP contribution in [0.1, 0.15) is 40.2 Å². The van der Waals surface area contributed by atoms with Crippen LogP contribution < -0.4 is 10.2 Å². The summed E-state index contributed by atoms with van der Waals surface area (Å²) >= 11 is 6.47. The Labute approximate surface area is 246 Å². The van der Waals surface area contributed by atoms with Crippen LogP contribution in [0.2, 0.25) is 5.02 Å². The number of aromatic nitrogens is 2. The Kier molecular flexibility index (Phi) is 8.91. The highest BCUT2D eigenvalue weighted by molar-refractivity contribution is 6.31. The van der Waals surface area contributed by atoms with Crippen molar-refractivity contribution >= 4 is 35.1 Å². The molecule has 2 aromatic rings. The number of carbonyl (C=O) groups is 3. The molecular weight excluding hydrogens is 544 g/mol. The maximum Gasteiger partial charge on any atom is 0.409 e. The Bertz CT molecular complexity index is 1300. The molecule has 2 amide bonds. The van der Waals surface area contributed by atoms with Crippen LogP contribution >= 0.6 is 11.6 Å². The number of rotatable bonds is 8. The number of benzene rings is 1. The predicted molar refractivity (Wildman–Crippen MR) is 156 cm³/mol. The number of ether oxygens (including phenoxy) is 1. The third-order valence-electron chi connectivity index (χ3n) is 8.93. The third kappa shape index (κ3) is 5.96. The lowest BCUT2D eigenvalue weighted by atomic mass is 9.88. The number of carbonyl (C=O) groups excluding carboxylic acids is 3. The molecule has 3 aliphatic heterocycles. The summed E-state index contributed by atoms with van der Waals surface area (Å²) < 4.78 is 4.86. The molecule has 3 unspecified atom stereocenters. The second-order valence-electron chi connectivity index (χ2n) is 11.5. The number of fused-ring (bicyclic) bond motifs is 1. The van der Waals surface area contributed by atoms with Crippen LogP contribution in [0.4, 0.5) is 10.5 Å². The SMILES string of the molecule is COC(=O)N1CCC(C(=O)N(CCCN2CC3CNCC3[C@H]2C(=O)c2c(C)ncnc2C)c2ccc(C)c(Cl)c2)C1. The van der Waals surface area contributed by atoms with Crippen molar-refractivity contribution < 1.29 is 19.1 Å². The van der Waals surface area contributed by atoms with E-state index in [9.17, 15) is 14.4 Å². The summed E-state index contributed by atoms with van der Waals surface area (Å²) in [6.45, 7) is 10.2. The van der Waals surface area contributed by atoms with Crippen molar-refractivity contribution in [3.05, 3.63) is 52.1 Å². The molecule has 0 spiro atoms. The summed E-state index contributed by atoms with van der Waals surface area (Å²) in [7, 11) is 1.35. The molecule has 41 heavy (non-hydrogen) atoms. The first-order chi connectivity index (χ1) is 19.7. The molecule has 5 rings (SSSR count). The van der Waals surface area contributed by atoms with Gasteiger partial charge in [-0.05, 0) is 69.7 Å². The van der Waals surface area contributed by atoms with Gasteiger partial charge < -0.3 is 19.9 Å². The number of aryl methyl sites for hydroxylation is 3. The maximum atomic E-state index is 14.0. The Morgan fingerprint density at radius 3 is 2.59 bits per heavy atom. The molecule has 4 heterocycles. The zero-order chi connectivity index (χ0) is 29.3. The molecule has 0 saturated carbocycles. The lowest BCUT2D eigenvalue weighted by Gasteiger charge is -2.30. The number of amides is 2. The summed E-state index contributed by atoms with van der Waals surface area (Å²) in [5, 5.41) is 4.07. The highest BCUT2D eigenvalue weighted by Crippen LogP contribution is 2.35. The first kappa shape index (κ1) is 29.4. The van der Waals surface area contributed by atoms with Gasteiger partial charge in [-0.2, -0.15) is 0 Å². The fourth-order valence-electron chi connectivity index (χ4n) is 6.72. The Balaban J connectivity index is 1.33. The fourth-order valence-corrected chi connectivity index (χ4v) is 6.90. The molecule has 1 aromatic heterocycles. The Morgan fingerprint density at radius 2 is 1.88 bits per heavy atom. The van der Waals surface area contributed by atoms with Gasteiger partial charge in [0, 0.05) is 50.0 Å². The van der Waals surface area contributed by atoms with Gasteiger partial charge in [0.25, 0.3) is 0 Å². The number of hydrogen-bond acceptors (Lipinski definition) is 8. The maximum absolute atomic E-state index is 14.0. The largest absolute Gasteiger partial charge is 0.453 e. The van der Waals surface area contributed by atoms with Crippen molar-refractivity contribution in [2.75, 3.05) is 57.8 Å². The minimum Gasteiger partial charge on any atom is -0.453 e. The molecule has 3 fully saturated rings. The van der Waals surface area contributed by atoms with Crippen LogP contribution in [0.15, 0.2) is 24.5 Å². The van der Waals surface area contributed by atoms with Crippen molar-refractivity contribution in [2.45, 2.75) is 39.7 Å². The van der Waals surface area contributed by atoms with Crippen LogP contribution in [0, 0.1) is 38.5 Å². The standard InChI is InChI=1S/C30H39ClN6O4/c1-18-6-7-23(12-25(18)31)37(29(39)21-8-11-36(15-21)30(40)41-4)10-5-9-35-16-22-13-32-14-24(22)27(35)28(38)26-19(2)33-17-34-20(26)3/h6-7,12,17,21-22,24,27,32H,5,8-11,13-16H2,1-4H3/t21?,22?,24?,27-/m0/s1. The van der Waals surface area contributed by atoms with Crippen LogP contribution in [0.3, 0.4) is 0 Å². The monoisotopic (exact) mass is 582 g/mol. The molecule has 10 nitrogen and oxygen atoms in total. The molecule has 0 radical (unpaired) electrons. The van der Waals surface area contributed by atoms with Gasteiger partial charge >= 0.3 is 6.09 Å². The Morgan fingerprint density at radius 1 is 1.12 bits per heavy atom. The highest BCUT2D eigenvalue weighted by Gasteiger charge is 2.48. The molecular formula is C30H39ClN6O4. The lowest BCUT2D eigenvalue weighted by Crippen LogP contribution is -2.44. The minimum atomic E-state index is -0.413. The fraction of sp³-hybridized carbons (Fsp3) is 0.567. The molecule has 220 valence electrons. The highest BCUT2D eigenvalue weighted by atomic mass is 35.5. The number of hydrogen-bond donors (Lipinski definition) is 1. The second-order valence-corrected chi connectivity index (χ2v) is 11.9. The zero-order valence-electron chi connectivity index (χ0n) is 24.2. The van der Waals surface area contributed by atoms with Crippen LogP contribution in [0.25, 0.3) is 0 Å². The van der Waals surface area contributed by atoms with Gasteiger partial charge in [0.15, 0.2) is 5.78 Å².